The Labute approximate surface area is 198 Å². The molecule has 1 N–H and O–H groups in total. The topological polar surface area (TPSA) is 119 Å². The van der Waals surface area contributed by atoms with E-state index in [1.807, 2.05) is 30.3 Å². The Bertz CT molecular complexity index is 1280. The van der Waals surface area contributed by atoms with Crippen molar-refractivity contribution in [3.8, 4) is 5.75 Å². The summed E-state index contributed by atoms with van der Waals surface area (Å²) in [6.07, 6.45) is 0.387. The van der Waals surface area contributed by atoms with E-state index in [4.69, 9.17) is 4.74 Å². The fourth-order valence-corrected chi connectivity index (χ4v) is 5.00. The first-order valence-electron chi connectivity index (χ1n) is 10.4. The molecule has 9 nitrogen and oxygen atoms in total. The van der Waals surface area contributed by atoms with Gasteiger partial charge in [0.05, 0.1) is 18.6 Å². The number of nitro groups is 1. The number of non-ortho nitro benzene ring substituents is 1. The molecule has 3 aromatic carbocycles. The number of hydrogen-bond donors (Lipinski definition) is 1. The van der Waals surface area contributed by atoms with Crippen molar-refractivity contribution in [2.75, 3.05) is 25.5 Å². The van der Waals surface area contributed by atoms with Crippen LogP contribution < -0.4 is 10.1 Å². The number of rotatable bonds is 10. The number of hydrogen-bond acceptors (Lipinski definition) is 6. The molecular formula is C24H25N3O6S. The number of ether oxygens (including phenoxy) is 1. The van der Waals surface area contributed by atoms with Crippen LogP contribution in [-0.2, 0) is 21.2 Å². The molecule has 34 heavy (non-hydrogen) atoms. The first-order valence-corrected chi connectivity index (χ1v) is 11.9. The van der Waals surface area contributed by atoms with E-state index >= 15 is 0 Å². The lowest BCUT2D eigenvalue weighted by atomic mass is 10.1. The van der Waals surface area contributed by atoms with Gasteiger partial charge in [0.1, 0.15) is 10.6 Å². The molecule has 10 heteroatoms. The lowest BCUT2D eigenvalue weighted by molar-refractivity contribution is -0.384. The zero-order chi connectivity index (χ0) is 24.7. The van der Waals surface area contributed by atoms with Crippen molar-refractivity contribution in [1.82, 2.24) is 4.31 Å². The minimum absolute atomic E-state index is 0.0359. The lowest BCUT2D eigenvalue weighted by Crippen LogP contribution is -2.39. The van der Waals surface area contributed by atoms with Crippen LogP contribution in [0.4, 0.5) is 11.4 Å². The summed E-state index contributed by atoms with van der Waals surface area (Å²) < 4.78 is 33.5. The summed E-state index contributed by atoms with van der Waals surface area (Å²) in [5, 5.41) is 13.6. The highest BCUT2D eigenvalue weighted by Crippen LogP contribution is 2.28. The second-order valence-electron chi connectivity index (χ2n) is 7.58. The van der Waals surface area contributed by atoms with Crippen molar-refractivity contribution < 1.29 is 22.9 Å². The average molecular weight is 484 g/mol. The fourth-order valence-electron chi connectivity index (χ4n) is 3.37. The number of benzene rings is 3. The maximum absolute atomic E-state index is 13.6. The van der Waals surface area contributed by atoms with Crippen molar-refractivity contribution in [2.45, 2.75) is 18.2 Å². The van der Waals surface area contributed by atoms with Crippen LogP contribution in [0.5, 0.6) is 5.75 Å². The van der Waals surface area contributed by atoms with Gasteiger partial charge in [-0.1, -0.05) is 42.5 Å². The average Bonchev–Trinajstić information content (AvgIpc) is 2.82. The van der Waals surface area contributed by atoms with Gasteiger partial charge in [0.15, 0.2) is 0 Å². The summed E-state index contributed by atoms with van der Waals surface area (Å²) in [6, 6.07) is 19.6. The predicted octanol–water partition coefficient (Wildman–Crippen LogP) is 3.78. The Hall–Kier alpha value is -3.76. The third kappa shape index (κ3) is 6.18. The van der Waals surface area contributed by atoms with E-state index in [1.165, 1.54) is 37.4 Å². The Kier molecular flexibility index (Phi) is 7.98. The van der Waals surface area contributed by atoms with Gasteiger partial charge in [-0.05, 0) is 42.7 Å². The molecule has 0 spiro atoms. The number of nitrogens with zero attached hydrogens (tertiary/aromatic N) is 2. The number of amides is 1. The molecule has 0 aliphatic carbocycles. The Balaban J connectivity index is 1.89. The molecule has 0 unspecified atom stereocenters. The molecule has 0 aliphatic heterocycles. The molecule has 0 fully saturated rings. The number of carbonyl (C=O) groups is 1. The third-order valence-corrected chi connectivity index (χ3v) is 6.96. The van der Waals surface area contributed by atoms with E-state index in [2.05, 4.69) is 5.32 Å². The number of anilines is 1. The first-order chi connectivity index (χ1) is 16.2. The van der Waals surface area contributed by atoms with Gasteiger partial charge in [-0.2, -0.15) is 4.31 Å². The summed E-state index contributed by atoms with van der Waals surface area (Å²) in [5.41, 5.74) is 1.66. The number of carbonyl (C=O) groups excluding carboxylic acids is 1. The van der Waals surface area contributed by atoms with Crippen molar-refractivity contribution in [3.05, 3.63) is 94.0 Å². The monoisotopic (exact) mass is 483 g/mol. The molecular weight excluding hydrogens is 458 g/mol. The Morgan fingerprint density at radius 1 is 1.06 bits per heavy atom. The third-order valence-electron chi connectivity index (χ3n) is 5.09. The van der Waals surface area contributed by atoms with Crippen LogP contribution in [0.15, 0.2) is 77.7 Å². The maximum Gasteiger partial charge on any atom is 0.271 e. The van der Waals surface area contributed by atoms with Crippen LogP contribution in [0.3, 0.4) is 0 Å². The van der Waals surface area contributed by atoms with Crippen LogP contribution >= 0.6 is 0 Å². The predicted molar refractivity (Wildman–Crippen MR) is 128 cm³/mol. The van der Waals surface area contributed by atoms with E-state index in [0.717, 1.165) is 15.4 Å². The molecule has 0 aliphatic rings. The maximum atomic E-state index is 13.6. The van der Waals surface area contributed by atoms with E-state index in [9.17, 15) is 23.3 Å². The first kappa shape index (κ1) is 24.9. The van der Waals surface area contributed by atoms with Gasteiger partial charge >= 0.3 is 0 Å². The van der Waals surface area contributed by atoms with Crippen molar-refractivity contribution in [3.63, 3.8) is 0 Å². The highest BCUT2D eigenvalue weighted by atomic mass is 32.2. The number of nitrogens with one attached hydrogen (secondary N) is 1. The Morgan fingerprint density at radius 2 is 1.79 bits per heavy atom. The van der Waals surface area contributed by atoms with Gasteiger partial charge in [0.2, 0.25) is 15.9 Å². The Morgan fingerprint density at radius 3 is 2.47 bits per heavy atom. The number of sulfonamides is 1. The molecule has 3 aromatic rings. The van der Waals surface area contributed by atoms with Gasteiger partial charge in [-0.3, -0.25) is 14.9 Å². The highest BCUT2D eigenvalue weighted by molar-refractivity contribution is 7.89. The summed E-state index contributed by atoms with van der Waals surface area (Å²) >= 11 is 0. The second-order valence-corrected chi connectivity index (χ2v) is 9.49. The lowest BCUT2D eigenvalue weighted by Gasteiger charge is -2.23. The van der Waals surface area contributed by atoms with Crippen molar-refractivity contribution >= 4 is 27.3 Å². The van der Waals surface area contributed by atoms with Gasteiger partial charge in [0.25, 0.3) is 5.69 Å². The largest absolute Gasteiger partial charge is 0.495 e. The van der Waals surface area contributed by atoms with Crippen molar-refractivity contribution in [1.29, 1.82) is 0 Å². The van der Waals surface area contributed by atoms with Crippen molar-refractivity contribution in [2.24, 2.45) is 0 Å². The van der Waals surface area contributed by atoms with Crippen LogP contribution in [0.2, 0.25) is 0 Å². The standard InChI is InChI=1S/C24H25N3O6S/c1-18-11-12-22(33-2)23(15-18)34(31,32)26(14-13-19-7-4-3-5-8-19)17-24(28)25-20-9-6-10-21(16-20)27(29)30/h3-12,15-16H,13-14,17H2,1-2H3,(H,25,28). The zero-order valence-corrected chi connectivity index (χ0v) is 19.6. The van der Waals surface area contributed by atoms with E-state index in [0.29, 0.717) is 6.42 Å². The number of nitro benzene ring substituents is 1. The number of methoxy groups -OCH3 is 1. The molecule has 0 heterocycles. The molecule has 1 amide bonds. The normalized spacial score (nSPS) is 11.3. The minimum atomic E-state index is -4.11. The van der Waals surface area contributed by atoms with E-state index < -0.39 is 27.4 Å². The molecule has 0 atom stereocenters. The second kappa shape index (κ2) is 10.9. The van der Waals surface area contributed by atoms with E-state index in [1.54, 1.807) is 19.1 Å². The highest BCUT2D eigenvalue weighted by Gasteiger charge is 2.29. The summed E-state index contributed by atoms with van der Waals surface area (Å²) in [5.74, 6) is -0.446. The molecule has 0 radical (unpaired) electrons. The zero-order valence-electron chi connectivity index (χ0n) is 18.8. The summed E-state index contributed by atoms with van der Waals surface area (Å²) in [6.45, 7) is 1.34. The molecule has 0 aromatic heterocycles. The molecule has 0 saturated heterocycles. The molecule has 0 saturated carbocycles. The number of aryl methyl sites for hydroxylation is 1. The SMILES string of the molecule is COc1ccc(C)cc1S(=O)(=O)N(CCc1ccccc1)CC(=O)Nc1cccc([N+](=O)[O-])c1. The van der Waals surface area contributed by atoms with Crippen LogP contribution in [0.1, 0.15) is 11.1 Å². The van der Waals surface area contributed by atoms with E-state index in [-0.39, 0.29) is 28.6 Å². The van der Waals surface area contributed by atoms with Gasteiger partial charge in [-0.25, -0.2) is 8.42 Å². The molecule has 0 bridgehead atoms. The quantitative estimate of drug-likeness (QED) is 0.346. The molecule has 3 rings (SSSR count). The van der Waals surface area contributed by atoms with Crippen LogP contribution in [-0.4, -0.2) is 43.8 Å². The fraction of sp³-hybridized carbons (Fsp3) is 0.208. The smallest absolute Gasteiger partial charge is 0.271 e. The van der Waals surface area contributed by atoms with Crippen LogP contribution in [0, 0.1) is 17.0 Å². The van der Waals surface area contributed by atoms with Gasteiger partial charge in [0, 0.05) is 24.4 Å². The summed E-state index contributed by atoms with van der Waals surface area (Å²) in [4.78, 5) is 23.2. The van der Waals surface area contributed by atoms with Gasteiger partial charge < -0.3 is 10.1 Å². The molecule has 178 valence electrons. The van der Waals surface area contributed by atoms with Crippen LogP contribution in [0.25, 0.3) is 0 Å². The van der Waals surface area contributed by atoms with Gasteiger partial charge in [-0.15, -0.1) is 0 Å². The summed E-state index contributed by atoms with van der Waals surface area (Å²) in [7, 11) is -2.72. The minimum Gasteiger partial charge on any atom is -0.495 e.